The molecule has 1 aromatic heterocycles. The van der Waals surface area contributed by atoms with Gasteiger partial charge >= 0.3 is 0 Å². The van der Waals surface area contributed by atoms with E-state index in [1.165, 1.54) is 18.2 Å². The SMILES string of the molecule is Cc1cc([N+](=O)[O-])ccc1C(=O)NCc1ccc(Br)s1. The molecule has 20 heavy (non-hydrogen) atoms. The fourth-order valence-corrected chi connectivity index (χ4v) is 3.15. The number of hydrogen-bond acceptors (Lipinski definition) is 4. The normalized spacial score (nSPS) is 10.3. The van der Waals surface area contributed by atoms with Crippen molar-refractivity contribution >= 4 is 38.9 Å². The highest BCUT2D eigenvalue weighted by molar-refractivity contribution is 9.11. The van der Waals surface area contributed by atoms with Gasteiger partial charge in [0.2, 0.25) is 0 Å². The Kier molecular flexibility index (Phi) is 4.51. The van der Waals surface area contributed by atoms with E-state index in [0.29, 0.717) is 17.7 Å². The highest BCUT2D eigenvalue weighted by Crippen LogP contribution is 2.22. The van der Waals surface area contributed by atoms with E-state index < -0.39 is 4.92 Å². The molecular weight excluding hydrogens is 344 g/mol. The second-order valence-corrected chi connectivity index (χ2v) is 6.69. The minimum absolute atomic E-state index is 0.0127. The monoisotopic (exact) mass is 354 g/mol. The van der Waals surface area contributed by atoms with Crippen LogP contribution in [0.5, 0.6) is 0 Å². The van der Waals surface area contributed by atoms with E-state index in [0.717, 1.165) is 8.66 Å². The van der Waals surface area contributed by atoms with Crippen LogP contribution in [0.2, 0.25) is 0 Å². The summed E-state index contributed by atoms with van der Waals surface area (Å²) in [4.78, 5) is 23.2. The minimum atomic E-state index is -0.474. The van der Waals surface area contributed by atoms with Crippen molar-refractivity contribution in [3.8, 4) is 0 Å². The van der Waals surface area contributed by atoms with Crippen LogP contribution in [0.15, 0.2) is 34.1 Å². The van der Waals surface area contributed by atoms with Crippen LogP contribution in [0.4, 0.5) is 5.69 Å². The van der Waals surface area contributed by atoms with Gasteiger partial charge in [0.1, 0.15) is 0 Å². The van der Waals surface area contributed by atoms with Gasteiger partial charge in [-0.2, -0.15) is 0 Å². The maximum atomic E-state index is 12.0. The third-order valence-electron chi connectivity index (χ3n) is 2.72. The lowest BCUT2D eigenvalue weighted by molar-refractivity contribution is -0.384. The summed E-state index contributed by atoms with van der Waals surface area (Å²) >= 11 is 4.91. The molecule has 0 bridgehead atoms. The number of carbonyl (C=O) groups excluding carboxylic acids is 1. The van der Waals surface area contributed by atoms with Gasteiger partial charge in [-0.25, -0.2) is 0 Å². The Balaban J connectivity index is 2.07. The van der Waals surface area contributed by atoms with Crippen LogP contribution in [-0.2, 0) is 6.54 Å². The molecule has 1 N–H and O–H groups in total. The van der Waals surface area contributed by atoms with Crippen molar-refractivity contribution < 1.29 is 9.72 Å². The zero-order chi connectivity index (χ0) is 14.7. The number of halogens is 1. The van der Waals surface area contributed by atoms with E-state index in [2.05, 4.69) is 21.2 Å². The van der Waals surface area contributed by atoms with Crippen LogP contribution in [0.1, 0.15) is 20.8 Å². The molecule has 0 aliphatic carbocycles. The molecule has 0 saturated carbocycles. The number of thiophene rings is 1. The van der Waals surface area contributed by atoms with E-state index in [-0.39, 0.29) is 11.6 Å². The lowest BCUT2D eigenvalue weighted by Gasteiger charge is -2.06. The highest BCUT2D eigenvalue weighted by Gasteiger charge is 2.13. The van der Waals surface area contributed by atoms with Crippen LogP contribution in [0.25, 0.3) is 0 Å². The molecule has 5 nitrogen and oxygen atoms in total. The van der Waals surface area contributed by atoms with Gasteiger partial charge in [-0.05, 0) is 46.6 Å². The smallest absolute Gasteiger partial charge is 0.269 e. The summed E-state index contributed by atoms with van der Waals surface area (Å²) in [6.45, 7) is 2.12. The van der Waals surface area contributed by atoms with Gasteiger partial charge in [-0.3, -0.25) is 14.9 Å². The van der Waals surface area contributed by atoms with Gasteiger partial charge < -0.3 is 5.32 Å². The van der Waals surface area contributed by atoms with Gasteiger partial charge in [0.25, 0.3) is 11.6 Å². The van der Waals surface area contributed by atoms with Crippen LogP contribution in [0, 0.1) is 17.0 Å². The molecule has 2 rings (SSSR count). The topological polar surface area (TPSA) is 72.2 Å². The quantitative estimate of drug-likeness (QED) is 0.672. The largest absolute Gasteiger partial charge is 0.347 e. The number of nitrogens with zero attached hydrogens (tertiary/aromatic N) is 1. The average Bonchev–Trinajstić information content (AvgIpc) is 2.81. The van der Waals surface area contributed by atoms with Crippen molar-refractivity contribution in [2.75, 3.05) is 0 Å². The van der Waals surface area contributed by atoms with Crippen molar-refractivity contribution in [2.24, 2.45) is 0 Å². The molecule has 1 heterocycles. The maximum Gasteiger partial charge on any atom is 0.269 e. The number of nitrogens with one attached hydrogen (secondary N) is 1. The van der Waals surface area contributed by atoms with Crippen molar-refractivity contribution in [1.29, 1.82) is 0 Å². The second kappa shape index (κ2) is 6.15. The highest BCUT2D eigenvalue weighted by atomic mass is 79.9. The third kappa shape index (κ3) is 3.43. The molecule has 0 saturated heterocycles. The Morgan fingerprint density at radius 3 is 2.70 bits per heavy atom. The molecular formula is C13H11BrN2O3S. The number of non-ortho nitro benzene ring substituents is 1. The minimum Gasteiger partial charge on any atom is -0.347 e. The number of nitro benzene ring substituents is 1. The van der Waals surface area contributed by atoms with E-state index in [9.17, 15) is 14.9 Å². The van der Waals surface area contributed by atoms with E-state index in [1.54, 1.807) is 18.3 Å². The number of rotatable bonds is 4. The van der Waals surface area contributed by atoms with Gasteiger partial charge in [-0.15, -0.1) is 11.3 Å². The second-order valence-electron chi connectivity index (χ2n) is 4.14. The number of nitro groups is 1. The Labute approximate surface area is 127 Å². The lowest BCUT2D eigenvalue weighted by atomic mass is 10.1. The molecule has 0 fully saturated rings. The molecule has 0 radical (unpaired) electrons. The third-order valence-corrected chi connectivity index (χ3v) is 4.34. The zero-order valence-electron chi connectivity index (χ0n) is 10.6. The maximum absolute atomic E-state index is 12.0. The summed E-state index contributed by atoms with van der Waals surface area (Å²) < 4.78 is 1.01. The van der Waals surface area contributed by atoms with E-state index in [4.69, 9.17) is 0 Å². The number of amides is 1. The van der Waals surface area contributed by atoms with Crippen molar-refractivity contribution in [2.45, 2.75) is 13.5 Å². The predicted molar refractivity (Wildman–Crippen MR) is 81.0 cm³/mol. The van der Waals surface area contributed by atoms with Crippen LogP contribution in [0.3, 0.4) is 0 Å². The number of benzene rings is 1. The first-order valence-corrected chi connectivity index (χ1v) is 7.36. The summed E-state index contributed by atoms with van der Waals surface area (Å²) in [6.07, 6.45) is 0. The van der Waals surface area contributed by atoms with Gasteiger partial charge in [0.05, 0.1) is 15.3 Å². The number of aryl methyl sites for hydroxylation is 1. The summed E-state index contributed by atoms with van der Waals surface area (Å²) in [5.41, 5.74) is 1.02. The fourth-order valence-electron chi connectivity index (χ4n) is 1.73. The molecule has 2 aromatic rings. The van der Waals surface area contributed by atoms with Crippen molar-refractivity contribution in [3.05, 3.63) is 60.2 Å². The van der Waals surface area contributed by atoms with Gasteiger partial charge in [0, 0.05) is 22.6 Å². The van der Waals surface area contributed by atoms with E-state index in [1.807, 2.05) is 12.1 Å². The summed E-state index contributed by atoms with van der Waals surface area (Å²) in [7, 11) is 0. The summed E-state index contributed by atoms with van der Waals surface area (Å²) in [5.74, 6) is -0.234. The molecule has 1 amide bonds. The van der Waals surface area contributed by atoms with Crippen molar-refractivity contribution in [1.82, 2.24) is 5.32 Å². The predicted octanol–water partition coefficient (Wildman–Crippen LogP) is 3.66. The molecule has 1 aromatic carbocycles. The molecule has 0 aliphatic rings. The van der Waals surface area contributed by atoms with Crippen molar-refractivity contribution in [3.63, 3.8) is 0 Å². The Bertz CT molecular complexity index is 669. The molecule has 104 valence electrons. The van der Waals surface area contributed by atoms with E-state index >= 15 is 0 Å². The Hall–Kier alpha value is -1.73. The molecule has 7 heteroatoms. The fraction of sp³-hybridized carbons (Fsp3) is 0.154. The van der Waals surface area contributed by atoms with Gasteiger partial charge in [-0.1, -0.05) is 0 Å². The van der Waals surface area contributed by atoms with Crippen LogP contribution >= 0.6 is 27.3 Å². The average molecular weight is 355 g/mol. The molecule has 0 spiro atoms. The zero-order valence-corrected chi connectivity index (χ0v) is 13.0. The number of carbonyl (C=O) groups is 1. The Morgan fingerprint density at radius 2 is 2.15 bits per heavy atom. The lowest BCUT2D eigenvalue weighted by Crippen LogP contribution is -2.23. The molecule has 0 atom stereocenters. The summed E-state index contributed by atoms with van der Waals surface area (Å²) in [6, 6.07) is 8.06. The summed E-state index contributed by atoms with van der Waals surface area (Å²) in [5, 5.41) is 13.4. The van der Waals surface area contributed by atoms with Crippen LogP contribution in [-0.4, -0.2) is 10.8 Å². The molecule has 0 unspecified atom stereocenters. The first-order valence-electron chi connectivity index (χ1n) is 5.75. The first kappa shape index (κ1) is 14.7. The number of hydrogen-bond donors (Lipinski definition) is 1. The Morgan fingerprint density at radius 1 is 1.40 bits per heavy atom. The standard InChI is InChI=1S/C13H11BrN2O3S/c1-8-6-9(16(18)19)2-4-11(8)13(17)15-7-10-3-5-12(14)20-10/h2-6H,7H2,1H3,(H,15,17). The van der Waals surface area contributed by atoms with Crippen LogP contribution < -0.4 is 5.32 Å². The molecule has 0 aliphatic heterocycles. The van der Waals surface area contributed by atoms with Gasteiger partial charge in [0.15, 0.2) is 0 Å². The first-order chi connectivity index (χ1) is 9.47.